The van der Waals surface area contributed by atoms with Gasteiger partial charge in [-0.05, 0) is 46.2 Å². The molecule has 1 atom stereocenters. The number of nitrogens with one attached hydrogen (secondary N) is 1. The normalized spacial score (nSPS) is 21.0. The van der Waals surface area contributed by atoms with E-state index in [1.165, 1.54) is 12.1 Å². The molecular weight excluding hydrogens is 320 g/mol. The largest absolute Gasteiger partial charge is 0.367 e. The van der Waals surface area contributed by atoms with Crippen molar-refractivity contribution in [3.63, 3.8) is 0 Å². The zero-order chi connectivity index (χ0) is 18.4. The molecule has 7 nitrogen and oxygen atoms in total. The average molecular weight is 340 g/mol. The number of pyridine rings is 1. The Balaban J connectivity index is 2.00. The molecule has 1 unspecified atom stereocenters. The summed E-state index contributed by atoms with van der Waals surface area (Å²) in [5.41, 5.74) is 0.230. The molecule has 0 spiro atoms. The molecule has 2 heterocycles. The van der Waals surface area contributed by atoms with Crippen LogP contribution in [0.25, 0.3) is 10.9 Å². The van der Waals surface area contributed by atoms with Gasteiger partial charge < -0.3 is 10.1 Å². The number of hydrogen-bond acceptors (Lipinski definition) is 6. The molecule has 0 radical (unpaired) electrons. The molecule has 1 N–H and O–H groups in total. The molecule has 2 aromatic rings. The Morgan fingerprint density at radius 2 is 2.08 bits per heavy atom. The lowest BCUT2D eigenvalue weighted by Crippen LogP contribution is -2.38. The molecule has 0 amide bonds. The molecule has 1 aromatic carbocycles. The average Bonchev–Trinajstić information content (AvgIpc) is 2.72. The standard InChI is InChI=1S/C18H20N4O3/c1-17(2)9-15(18(3,4)25-17)21-16-7-11(10-19)13-8-12(22(23)24)5-6-14(13)20-16/h5-8,15H,9H2,1-4H3,(H,20,21). The van der Waals surface area contributed by atoms with Crippen LogP contribution in [-0.4, -0.2) is 27.2 Å². The van der Waals surface area contributed by atoms with Crippen LogP contribution in [-0.2, 0) is 4.74 Å². The molecule has 1 fully saturated rings. The van der Waals surface area contributed by atoms with E-state index >= 15 is 0 Å². The number of hydrogen-bond donors (Lipinski definition) is 1. The SMILES string of the molecule is CC1(C)CC(Nc2cc(C#N)c3cc([N+](=O)[O-])ccc3n2)C(C)(C)O1. The van der Waals surface area contributed by atoms with Crippen LogP contribution < -0.4 is 5.32 Å². The van der Waals surface area contributed by atoms with Crippen LogP contribution in [0.2, 0.25) is 0 Å². The minimum Gasteiger partial charge on any atom is -0.367 e. The predicted octanol–water partition coefficient (Wildman–Crippen LogP) is 3.77. The Morgan fingerprint density at radius 3 is 2.64 bits per heavy atom. The van der Waals surface area contributed by atoms with Crippen molar-refractivity contribution in [3.05, 3.63) is 39.9 Å². The summed E-state index contributed by atoms with van der Waals surface area (Å²) in [5, 5.41) is 24.2. The maximum atomic E-state index is 10.9. The lowest BCUT2D eigenvalue weighted by molar-refractivity contribution is -0.384. The molecular formula is C18H20N4O3. The van der Waals surface area contributed by atoms with E-state index in [9.17, 15) is 15.4 Å². The molecule has 7 heteroatoms. The van der Waals surface area contributed by atoms with E-state index in [-0.39, 0.29) is 22.9 Å². The lowest BCUT2D eigenvalue weighted by atomic mass is 9.94. The predicted molar refractivity (Wildman–Crippen MR) is 94.4 cm³/mol. The van der Waals surface area contributed by atoms with Crippen LogP contribution in [0, 0.1) is 21.4 Å². The highest BCUT2D eigenvalue weighted by atomic mass is 16.6. The quantitative estimate of drug-likeness (QED) is 0.674. The number of nitrogens with zero attached hydrogens (tertiary/aromatic N) is 3. The van der Waals surface area contributed by atoms with Crippen LogP contribution in [0.3, 0.4) is 0 Å². The number of nitro benzene ring substituents is 1. The maximum Gasteiger partial charge on any atom is 0.270 e. The van der Waals surface area contributed by atoms with E-state index in [0.717, 1.165) is 6.42 Å². The van der Waals surface area contributed by atoms with E-state index in [2.05, 4.69) is 16.4 Å². The van der Waals surface area contributed by atoms with Gasteiger partial charge in [-0.3, -0.25) is 10.1 Å². The lowest BCUT2D eigenvalue weighted by Gasteiger charge is -2.28. The molecule has 25 heavy (non-hydrogen) atoms. The van der Waals surface area contributed by atoms with Crippen LogP contribution in [0.15, 0.2) is 24.3 Å². The highest BCUT2D eigenvalue weighted by Crippen LogP contribution is 2.39. The smallest absolute Gasteiger partial charge is 0.270 e. The van der Waals surface area contributed by atoms with Gasteiger partial charge in [-0.1, -0.05) is 0 Å². The molecule has 0 saturated carbocycles. The number of non-ortho nitro benzene ring substituents is 1. The van der Waals surface area contributed by atoms with Crippen molar-refractivity contribution in [2.24, 2.45) is 0 Å². The van der Waals surface area contributed by atoms with Crippen LogP contribution in [0.1, 0.15) is 39.7 Å². The van der Waals surface area contributed by atoms with Crippen LogP contribution >= 0.6 is 0 Å². The summed E-state index contributed by atoms with van der Waals surface area (Å²) in [5.74, 6) is 0.567. The fraction of sp³-hybridized carbons (Fsp3) is 0.444. The highest BCUT2D eigenvalue weighted by Gasteiger charge is 2.46. The molecule has 1 aliphatic heterocycles. The second kappa shape index (κ2) is 5.67. The van der Waals surface area contributed by atoms with E-state index in [1.54, 1.807) is 12.1 Å². The summed E-state index contributed by atoms with van der Waals surface area (Å²) in [6, 6.07) is 8.13. The molecule has 1 aromatic heterocycles. The number of nitriles is 1. The molecule has 3 rings (SSSR count). The van der Waals surface area contributed by atoms with E-state index in [1.807, 2.05) is 27.7 Å². The van der Waals surface area contributed by atoms with E-state index < -0.39 is 4.92 Å². The number of benzene rings is 1. The van der Waals surface area contributed by atoms with Gasteiger partial charge >= 0.3 is 0 Å². The van der Waals surface area contributed by atoms with Crippen molar-refractivity contribution < 1.29 is 9.66 Å². The summed E-state index contributed by atoms with van der Waals surface area (Å²) in [4.78, 5) is 15.0. The van der Waals surface area contributed by atoms with Crippen molar-refractivity contribution in [3.8, 4) is 6.07 Å². The first-order chi connectivity index (χ1) is 11.6. The Labute approximate surface area is 145 Å². The van der Waals surface area contributed by atoms with Crippen molar-refractivity contribution in [1.82, 2.24) is 4.98 Å². The number of nitro groups is 1. The first kappa shape index (κ1) is 17.1. The van der Waals surface area contributed by atoms with Crippen molar-refractivity contribution >= 4 is 22.4 Å². The Morgan fingerprint density at radius 1 is 1.36 bits per heavy atom. The van der Waals surface area contributed by atoms with E-state index in [0.29, 0.717) is 22.3 Å². The second-order valence-electron chi connectivity index (χ2n) is 7.49. The van der Waals surface area contributed by atoms with Gasteiger partial charge in [0, 0.05) is 17.5 Å². The molecule has 1 saturated heterocycles. The van der Waals surface area contributed by atoms with Gasteiger partial charge in [0.25, 0.3) is 5.69 Å². The number of anilines is 1. The van der Waals surface area contributed by atoms with Gasteiger partial charge in [-0.25, -0.2) is 4.98 Å². The monoisotopic (exact) mass is 340 g/mol. The summed E-state index contributed by atoms with van der Waals surface area (Å²) >= 11 is 0. The fourth-order valence-electron chi connectivity index (χ4n) is 3.46. The van der Waals surface area contributed by atoms with Crippen LogP contribution in [0.4, 0.5) is 11.5 Å². The Hall–Kier alpha value is -2.72. The summed E-state index contributed by atoms with van der Waals surface area (Å²) in [6.07, 6.45) is 0.807. The molecule has 0 bridgehead atoms. The summed E-state index contributed by atoms with van der Waals surface area (Å²) in [6.45, 7) is 8.14. The molecule has 0 aliphatic carbocycles. The number of aromatic nitrogens is 1. The maximum absolute atomic E-state index is 10.9. The number of ether oxygens (including phenoxy) is 1. The van der Waals surface area contributed by atoms with Gasteiger partial charge in [0.15, 0.2) is 0 Å². The molecule has 1 aliphatic rings. The first-order valence-electron chi connectivity index (χ1n) is 8.07. The minimum atomic E-state index is -0.479. The van der Waals surface area contributed by atoms with Gasteiger partial charge in [-0.15, -0.1) is 0 Å². The van der Waals surface area contributed by atoms with Crippen LogP contribution in [0.5, 0.6) is 0 Å². The number of fused-ring (bicyclic) bond motifs is 1. The first-order valence-corrected chi connectivity index (χ1v) is 8.07. The van der Waals surface area contributed by atoms with E-state index in [4.69, 9.17) is 4.74 Å². The molecule has 130 valence electrons. The van der Waals surface area contributed by atoms with Crippen molar-refractivity contribution in [2.75, 3.05) is 5.32 Å². The highest BCUT2D eigenvalue weighted by molar-refractivity contribution is 5.88. The van der Waals surface area contributed by atoms with Crippen molar-refractivity contribution in [2.45, 2.75) is 51.4 Å². The second-order valence-corrected chi connectivity index (χ2v) is 7.49. The van der Waals surface area contributed by atoms with Crippen molar-refractivity contribution in [1.29, 1.82) is 5.26 Å². The topological polar surface area (TPSA) is 101 Å². The Bertz CT molecular complexity index is 899. The van der Waals surface area contributed by atoms with Gasteiger partial charge in [0.1, 0.15) is 5.82 Å². The van der Waals surface area contributed by atoms with Gasteiger partial charge in [-0.2, -0.15) is 5.26 Å². The third-order valence-corrected chi connectivity index (χ3v) is 4.52. The Kier molecular flexibility index (Phi) is 3.88. The minimum absolute atomic E-state index is 0.0389. The van der Waals surface area contributed by atoms with Gasteiger partial charge in [0.2, 0.25) is 0 Å². The summed E-state index contributed by atoms with van der Waals surface area (Å²) < 4.78 is 6.08. The number of rotatable bonds is 3. The summed E-state index contributed by atoms with van der Waals surface area (Å²) in [7, 11) is 0. The fourth-order valence-corrected chi connectivity index (χ4v) is 3.46. The third kappa shape index (κ3) is 3.26. The zero-order valence-electron chi connectivity index (χ0n) is 14.7. The zero-order valence-corrected chi connectivity index (χ0v) is 14.7. The van der Waals surface area contributed by atoms with Gasteiger partial charge in [0.05, 0.1) is 39.3 Å². The third-order valence-electron chi connectivity index (χ3n) is 4.52.